The molecule has 1 heterocycles. The number of nitrogens with one attached hydrogen (secondary N) is 1. The number of aryl methyl sites for hydroxylation is 1. The first-order valence-corrected chi connectivity index (χ1v) is 8.51. The molecule has 0 saturated carbocycles. The lowest BCUT2D eigenvalue weighted by Gasteiger charge is -2.36. The zero-order chi connectivity index (χ0) is 16.9. The van der Waals surface area contributed by atoms with Crippen molar-refractivity contribution in [3.63, 3.8) is 0 Å². The number of carbonyl (C=O) groups is 1. The molecule has 0 unspecified atom stereocenters. The van der Waals surface area contributed by atoms with Crippen molar-refractivity contribution in [2.24, 2.45) is 0 Å². The van der Waals surface area contributed by atoms with E-state index in [2.05, 4.69) is 29.3 Å². The fourth-order valence-corrected chi connectivity index (χ4v) is 3.02. The lowest BCUT2D eigenvalue weighted by Crippen LogP contribution is -2.51. The molecule has 124 valence electrons. The van der Waals surface area contributed by atoms with Gasteiger partial charge in [0.2, 0.25) is 0 Å². The first-order chi connectivity index (χ1) is 11.6. The van der Waals surface area contributed by atoms with E-state index in [9.17, 15) is 4.79 Å². The second-order valence-electron chi connectivity index (χ2n) is 5.94. The van der Waals surface area contributed by atoms with Crippen LogP contribution in [0.25, 0.3) is 0 Å². The largest absolute Gasteiger partial charge is 0.345 e. The van der Waals surface area contributed by atoms with Crippen molar-refractivity contribution in [2.45, 2.75) is 6.92 Å². The normalized spacial score (nSPS) is 14.4. The second kappa shape index (κ2) is 7.45. The molecule has 3 rings (SSSR count). The summed E-state index contributed by atoms with van der Waals surface area (Å²) in [5, 5.41) is 3.98. The summed E-state index contributed by atoms with van der Waals surface area (Å²) >= 11 is 5.50. The van der Waals surface area contributed by atoms with Crippen molar-refractivity contribution in [3.05, 3.63) is 65.7 Å². The summed E-state index contributed by atoms with van der Waals surface area (Å²) in [7, 11) is 0. The van der Waals surface area contributed by atoms with Gasteiger partial charge in [0, 0.05) is 37.4 Å². The number of thiocarbonyl (C=S) groups is 1. The first-order valence-electron chi connectivity index (χ1n) is 8.10. The highest BCUT2D eigenvalue weighted by molar-refractivity contribution is 7.80. The Labute approximate surface area is 148 Å². The molecule has 4 nitrogen and oxygen atoms in total. The van der Waals surface area contributed by atoms with Crippen LogP contribution in [0.2, 0.25) is 0 Å². The van der Waals surface area contributed by atoms with Gasteiger partial charge in [-0.25, -0.2) is 0 Å². The minimum absolute atomic E-state index is 0.0904. The Balaban J connectivity index is 1.54. The number of piperazine rings is 1. The monoisotopic (exact) mass is 339 g/mol. The van der Waals surface area contributed by atoms with Gasteiger partial charge < -0.3 is 15.1 Å². The minimum Gasteiger partial charge on any atom is -0.345 e. The summed E-state index contributed by atoms with van der Waals surface area (Å²) < 4.78 is 0. The predicted molar refractivity (Wildman–Crippen MR) is 101 cm³/mol. The van der Waals surface area contributed by atoms with Gasteiger partial charge >= 0.3 is 0 Å². The number of benzene rings is 2. The van der Waals surface area contributed by atoms with Gasteiger partial charge in [0.15, 0.2) is 5.11 Å². The fourth-order valence-electron chi connectivity index (χ4n) is 2.72. The maximum atomic E-state index is 12.5. The highest BCUT2D eigenvalue weighted by Gasteiger charge is 2.23. The van der Waals surface area contributed by atoms with E-state index in [1.807, 2.05) is 47.4 Å². The molecule has 0 bridgehead atoms. The zero-order valence-corrected chi connectivity index (χ0v) is 14.6. The number of amides is 1. The number of carbonyl (C=O) groups excluding carboxylic acids is 1. The highest BCUT2D eigenvalue weighted by atomic mass is 32.1. The van der Waals surface area contributed by atoms with Crippen LogP contribution in [-0.2, 0) is 0 Å². The van der Waals surface area contributed by atoms with E-state index in [-0.39, 0.29) is 5.91 Å². The molecular formula is C19H21N3OS. The molecule has 0 atom stereocenters. The van der Waals surface area contributed by atoms with E-state index in [1.165, 1.54) is 5.56 Å². The maximum absolute atomic E-state index is 12.5. The van der Waals surface area contributed by atoms with Gasteiger partial charge in [-0.05, 0) is 43.4 Å². The summed E-state index contributed by atoms with van der Waals surface area (Å²) in [5.41, 5.74) is 2.96. The third-order valence-electron chi connectivity index (χ3n) is 4.18. The van der Waals surface area contributed by atoms with E-state index in [1.54, 1.807) is 0 Å². The van der Waals surface area contributed by atoms with Crippen LogP contribution in [0.1, 0.15) is 15.9 Å². The van der Waals surface area contributed by atoms with Crippen LogP contribution >= 0.6 is 12.2 Å². The molecule has 1 aliphatic rings. The summed E-state index contributed by atoms with van der Waals surface area (Å²) in [6.07, 6.45) is 0. The molecule has 2 aromatic rings. The van der Waals surface area contributed by atoms with E-state index in [4.69, 9.17) is 12.2 Å². The maximum Gasteiger partial charge on any atom is 0.253 e. The van der Waals surface area contributed by atoms with Crippen molar-refractivity contribution in [1.82, 2.24) is 9.80 Å². The Kier molecular flexibility index (Phi) is 5.11. The van der Waals surface area contributed by atoms with Crippen LogP contribution < -0.4 is 5.32 Å². The summed E-state index contributed by atoms with van der Waals surface area (Å²) in [5.74, 6) is 0.0904. The highest BCUT2D eigenvalue weighted by Crippen LogP contribution is 2.12. The Bertz CT molecular complexity index is 707. The van der Waals surface area contributed by atoms with Crippen LogP contribution in [0.4, 0.5) is 5.69 Å². The SMILES string of the molecule is Cc1ccc(NC(=S)N2CCN(C(=O)c3ccccc3)CC2)cc1. The zero-order valence-electron chi connectivity index (χ0n) is 13.7. The molecule has 0 radical (unpaired) electrons. The lowest BCUT2D eigenvalue weighted by atomic mass is 10.2. The molecule has 0 aromatic heterocycles. The number of anilines is 1. The topological polar surface area (TPSA) is 35.6 Å². The van der Waals surface area contributed by atoms with Gasteiger partial charge in [0.1, 0.15) is 0 Å². The van der Waals surface area contributed by atoms with Gasteiger partial charge in [0.05, 0.1) is 0 Å². The van der Waals surface area contributed by atoms with Crippen molar-refractivity contribution >= 4 is 28.9 Å². The van der Waals surface area contributed by atoms with Gasteiger partial charge in [-0.15, -0.1) is 0 Å². The Morgan fingerprint density at radius 1 is 0.917 bits per heavy atom. The predicted octanol–water partition coefficient (Wildman–Crippen LogP) is 3.15. The smallest absolute Gasteiger partial charge is 0.253 e. The standard InChI is InChI=1S/C19H21N3OS/c1-15-7-9-17(10-8-15)20-19(24)22-13-11-21(12-14-22)18(23)16-5-3-2-4-6-16/h2-10H,11-14H2,1H3,(H,20,24). The molecular weight excluding hydrogens is 318 g/mol. The number of rotatable bonds is 2. The molecule has 1 aliphatic heterocycles. The van der Waals surface area contributed by atoms with Crippen molar-refractivity contribution in [3.8, 4) is 0 Å². The van der Waals surface area contributed by atoms with Gasteiger partial charge in [-0.2, -0.15) is 0 Å². The molecule has 1 saturated heterocycles. The molecule has 24 heavy (non-hydrogen) atoms. The third-order valence-corrected chi connectivity index (χ3v) is 4.54. The van der Waals surface area contributed by atoms with Gasteiger partial charge in [-0.1, -0.05) is 35.9 Å². The molecule has 1 fully saturated rings. The number of nitrogens with zero attached hydrogens (tertiary/aromatic N) is 2. The van der Waals surface area contributed by atoms with E-state index < -0.39 is 0 Å². The number of hydrogen-bond donors (Lipinski definition) is 1. The Morgan fingerprint density at radius 2 is 1.50 bits per heavy atom. The average molecular weight is 339 g/mol. The van der Waals surface area contributed by atoms with Crippen LogP contribution in [0.3, 0.4) is 0 Å². The Morgan fingerprint density at radius 3 is 2.12 bits per heavy atom. The van der Waals surface area contributed by atoms with Crippen LogP contribution in [0.15, 0.2) is 54.6 Å². The van der Waals surface area contributed by atoms with E-state index in [0.717, 1.165) is 24.3 Å². The quantitative estimate of drug-likeness (QED) is 0.853. The molecule has 1 N–H and O–H groups in total. The Hall–Kier alpha value is -2.40. The summed E-state index contributed by atoms with van der Waals surface area (Å²) in [4.78, 5) is 16.5. The number of hydrogen-bond acceptors (Lipinski definition) is 2. The van der Waals surface area contributed by atoms with Crippen molar-refractivity contribution in [1.29, 1.82) is 0 Å². The fraction of sp³-hybridized carbons (Fsp3) is 0.263. The van der Waals surface area contributed by atoms with Crippen molar-refractivity contribution in [2.75, 3.05) is 31.5 Å². The van der Waals surface area contributed by atoms with Crippen LogP contribution in [0.5, 0.6) is 0 Å². The summed E-state index contributed by atoms with van der Waals surface area (Å²) in [6.45, 7) is 4.92. The average Bonchev–Trinajstić information content (AvgIpc) is 2.64. The van der Waals surface area contributed by atoms with Crippen LogP contribution in [-0.4, -0.2) is 47.0 Å². The van der Waals surface area contributed by atoms with Gasteiger partial charge in [0.25, 0.3) is 5.91 Å². The molecule has 0 spiro atoms. The molecule has 1 amide bonds. The third kappa shape index (κ3) is 3.92. The van der Waals surface area contributed by atoms with Crippen LogP contribution in [0, 0.1) is 6.92 Å². The second-order valence-corrected chi connectivity index (χ2v) is 6.33. The van der Waals surface area contributed by atoms with E-state index in [0.29, 0.717) is 18.2 Å². The van der Waals surface area contributed by atoms with E-state index >= 15 is 0 Å². The van der Waals surface area contributed by atoms with Crippen molar-refractivity contribution < 1.29 is 4.79 Å². The minimum atomic E-state index is 0.0904. The first kappa shape index (κ1) is 16.5. The molecule has 0 aliphatic carbocycles. The summed E-state index contributed by atoms with van der Waals surface area (Å²) in [6, 6.07) is 17.6. The lowest BCUT2D eigenvalue weighted by molar-refractivity contribution is 0.0693. The molecule has 2 aromatic carbocycles. The van der Waals surface area contributed by atoms with Gasteiger partial charge in [-0.3, -0.25) is 4.79 Å². The molecule has 5 heteroatoms.